The van der Waals surface area contributed by atoms with Crippen LogP contribution < -0.4 is 10.2 Å². The lowest BCUT2D eigenvalue weighted by molar-refractivity contribution is 0.589. The molecule has 1 aromatic carbocycles. The zero-order chi connectivity index (χ0) is 12.2. The van der Waals surface area contributed by atoms with Crippen molar-refractivity contribution in [3.05, 3.63) is 48.7 Å². The molecule has 2 heterocycles. The Balaban J connectivity index is 0.000001000. The Bertz CT molecular complexity index is 514. The molecule has 3 nitrogen and oxygen atoms in total. The van der Waals surface area contributed by atoms with E-state index in [1.807, 2.05) is 12.3 Å². The average molecular weight is 312 g/mol. The van der Waals surface area contributed by atoms with Gasteiger partial charge in [-0.1, -0.05) is 30.3 Å². The molecule has 0 aliphatic carbocycles. The van der Waals surface area contributed by atoms with E-state index in [0.717, 1.165) is 31.9 Å². The number of rotatable bonds is 2. The minimum absolute atomic E-state index is 0. The molecule has 108 valence electrons. The van der Waals surface area contributed by atoms with Crippen LogP contribution in [-0.4, -0.2) is 31.2 Å². The monoisotopic (exact) mass is 311 g/mol. The summed E-state index contributed by atoms with van der Waals surface area (Å²) in [5.74, 6) is 0. The molecule has 1 N–H and O–H groups in total. The van der Waals surface area contributed by atoms with Crippen molar-refractivity contribution in [1.82, 2.24) is 10.3 Å². The zero-order valence-electron chi connectivity index (χ0n) is 11.2. The summed E-state index contributed by atoms with van der Waals surface area (Å²) in [6.45, 7) is 4.25. The van der Waals surface area contributed by atoms with E-state index in [2.05, 4.69) is 51.6 Å². The van der Waals surface area contributed by atoms with Crippen molar-refractivity contribution in [3.63, 3.8) is 0 Å². The van der Waals surface area contributed by atoms with Gasteiger partial charge in [0.15, 0.2) is 0 Å². The summed E-state index contributed by atoms with van der Waals surface area (Å²) in [6, 6.07) is 14.6. The maximum absolute atomic E-state index is 4.46. The van der Waals surface area contributed by atoms with Crippen LogP contribution in [0.5, 0.6) is 0 Å². The van der Waals surface area contributed by atoms with Gasteiger partial charge in [0.05, 0.1) is 5.69 Å². The number of nitrogens with zero attached hydrogens (tertiary/aromatic N) is 2. The molecule has 1 aliphatic rings. The van der Waals surface area contributed by atoms with Gasteiger partial charge >= 0.3 is 0 Å². The summed E-state index contributed by atoms with van der Waals surface area (Å²) in [5.41, 5.74) is 3.49. The summed E-state index contributed by atoms with van der Waals surface area (Å²) in [7, 11) is 0. The third-order valence-corrected chi connectivity index (χ3v) is 3.30. The third-order valence-electron chi connectivity index (χ3n) is 3.30. The van der Waals surface area contributed by atoms with Gasteiger partial charge in [-0.3, -0.25) is 4.98 Å². The zero-order valence-corrected chi connectivity index (χ0v) is 12.8. The SMILES string of the molecule is Cl.Cl.c1ccc(-c2cc(N3CCNCC3)ccn2)cc1. The van der Waals surface area contributed by atoms with Crippen LogP contribution in [-0.2, 0) is 0 Å². The van der Waals surface area contributed by atoms with Crippen LogP contribution in [0.2, 0.25) is 0 Å². The second kappa shape index (κ2) is 8.10. The van der Waals surface area contributed by atoms with E-state index in [9.17, 15) is 0 Å². The normalized spacial score (nSPS) is 14.1. The van der Waals surface area contributed by atoms with E-state index in [1.165, 1.54) is 11.3 Å². The third kappa shape index (κ3) is 3.85. The van der Waals surface area contributed by atoms with E-state index in [4.69, 9.17) is 0 Å². The molecule has 2 aromatic rings. The highest BCUT2D eigenvalue weighted by atomic mass is 35.5. The van der Waals surface area contributed by atoms with Gasteiger partial charge in [0.2, 0.25) is 0 Å². The lowest BCUT2D eigenvalue weighted by Gasteiger charge is -2.29. The fraction of sp³-hybridized carbons (Fsp3) is 0.267. The Kier molecular flexibility index (Phi) is 6.79. The van der Waals surface area contributed by atoms with E-state index in [1.54, 1.807) is 0 Å². The molecule has 0 bridgehead atoms. The highest BCUT2D eigenvalue weighted by Crippen LogP contribution is 2.22. The molecule has 1 aliphatic heterocycles. The lowest BCUT2D eigenvalue weighted by Crippen LogP contribution is -2.43. The molecule has 0 unspecified atom stereocenters. The number of nitrogens with one attached hydrogen (secondary N) is 1. The fourth-order valence-electron chi connectivity index (χ4n) is 2.31. The minimum Gasteiger partial charge on any atom is -0.369 e. The number of aromatic nitrogens is 1. The summed E-state index contributed by atoms with van der Waals surface area (Å²) in [4.78, 5) is 6.87. The van der Waals surface area contributed by atoms with Crippen LogP contribution in [0.1, 0.15) is 0 Å². The molecule has 0 amide bonds. The molecule has 0 spiro atoms. The number of benzene rings is 1. The van der Waals surface area contributed by atoms with E-state index in [0.29, 0.717) is 0 Å². The van der Waals surface area contributed by atoms with Crippen LogP contribution in [0, 0.1) is 0 Å². The van der Waals surface area contributed by atoms with Gasteiger partial charge in [0, 0.05) is 43.6 Å². The van der Waals surface area contributed by atoms with Crippen molar-refractivity contribution in [2.75, 3.05) is 31.1 Å². The number of hydrogen-bond acceptors (Lipinski definition) is 3. The van der Waals surface area contributed by atoms with Gasteiger partial charge in [-0.05, 0) is 12.1 Å². The fourth-order valence-corrected chi connectivity index (χ4v) is 2.31. The molecular weight excluding hydrogens is 293 g/mol. The summed E-state index contributed by atoms with van der Waals surface area (Å²) in [5, 5.41) is 3.37. The van der Waals surface area contributed by atoms with Crippen molar-refractivity contribution in [2.24, 2.45) is 0 Å². The van der Waals surface area contributed by atoms with Crippen LogP contribution in [0.4, 0.5) is 5.69 Å². The second-order valence-electron chi connectivity index (χ2n) is 4.50. The first-order valence-electron chi connectivity index (χ1n) is 6.41. The van der Waals surface area contributed by atoms with Gasteiger partial charge in [0.25, 0.3) is 0 Å². The Morgan fingerprint density at radius 2 is 1.65 bits per heavy atom. The number of halogens is 2. The molecule has 0 saturated carbocycles. The van der Waals surface area contributed by atoms with E-state index in [-0.39, 0.29) is 24.8 Å². The smallest absolute Gasteiger partial charge is 0.0722 e. The van der Waals surface area contributed by atoms with Gasteiger partial charge < -0.3 is 10.2 Å². The van der Waals surface area contributed by atoms with Crippen molar-refractivity contribution in [2.45, 2.75) is 0 Å². The van der Waals surface area contributed by atoms with Crippen molar-refractivity contribution < 1.29 is 0 Å². The Hall–Kier alpha value is -1.29. The number of piperazine rings is 1. The van der Waals surface area contributed by atoms with E-state index >= 15 is 0 Å². The molecule has 20 heavy (non-hydrogen) atoms. The topological polar surface area (TPSA) is 28.2 Å². The highest BCUT2D eigenvalue weighted by Gasteiger charge is 2.11. The van der Waals surface area contributed by atoms with Gasteiger partial charge in [-0.15, -0.1) is 24.8 Å². The van der Waals surface area contributed by atoms with Crippen molar-refractivity contribution in [3.8, 4) is 11.3 Å². The molecular formula is C15H19Cl2N3. The summed E-state index contributed by atoms with van der Waals surface area (Å²) < 4.78 is 0. The van der Waals surface area contributed by atoms with Crippen LogP contribution >= 0.6 is 24.8 Å². The average Bonchev–Trinajstić information content (AvgIpc) is 2.49. The summed E-state index contributed by atoms with van der Waals surface area (Å²) >= 11 is 0. The van der Waals surface area contributed by atoms with Crippen LogP contribution in [0.15, 0.2) is 48.7 Å². The quantitative estimate of drug-likeness (QED) is 0.924. The molecule has 3 rings (SSSR count). The molecule has 5 heteroatoms. The van der Waals surface area contributed by atoms with Gasteiger partial charge in [-0.2, -0.15) is 0 Å². The predicted molar refractivity (Wildman–Crippen MR) is 89.3 cm³/mol. The Morgan fingerprint density at radius 3 is 2.35 bits per heavy atom. The van der Waals surface area contributed by atoms with Crippen molar-refractivity contribution >= 4 is 30.5 Å². The molecule has 0 radical (unpaired) electrons. The van der Waals surface area contributed by atoms with Gasteiger partial charge in [-0.25, -0.2) is 0 Å². The van der Waals surface area contributed by atoms with Crippen LogP contribution in [0.3, 0.4) is 0 Å². The summed E-state index contributed by atoms with van der Waals surface area (Å²) in [6.07, 6.45) is 1.90. The lowest BCUT2D eigenvalue weighted by atomic mass is 10.1. The maximum Gasteiger partial charge on any atom is 0.0722 e. The van der Waals surface area contributed by atoms with E-state index < -0.39 is 0 Å². The second-order valence-corrected chi connectivity index (χ2v) is 4.50. The Morgan fingerprint density at radius 1 is 0.950 bits per heavy atom. The number of hydrogen-bond donors (Lipinski definition) is 1. The molecule has 1 aromatic heterocycles. The number of anilines is 1. The predicted octanol–water partition coefficient (Wildman–Crippen LogP) is 3.00. The molecule has 0 atom stereocenters. The van der Waals surface area contributed by atoms with Crippen molar-refractivity contribution in [1.29, 1.82) is 0 Å². The first-order valence-corrected chi connectivity index (χ1v) is 6.41. The first-order chi connectivity index (χ1) is 8.93. The highest BCUT2D eigenvalue weighted by molar-refractivity contribution is 5.85. The first kappa shape index (κ1) is 16.8. The standard InChI is InChI=1S/C15H17N3.2ClH/c1-2-4-13(5-3-1)15-12-14(6-7-17-15)18-10-8-16-9-11-18;;/h1-7,12,16H,8-11H2;2*1H. The Labute approximate surface area is 132 Å². The van der Waals surface area contributed by atoms with Gasteiger partial charge in [0.1, 0.15) is 0 Å². The maximum atomic E-state index is 4.46. The van der Waals surface area contributed by atoms with Crippen LogP contribution in [0.25, 0.3) is 11.3 Å². The molecule has 1 fully saturated rings. The molecule has 1 saturated heterocycles. The largest absolute Gasteiger partial charge is 0.369 e. The number of pyridine rings is 1. The minimum atomic E-state index is 0.